The number of thiophene rings is 2. The number of aromatic nitrogens is 4. The smallest absolute Gasteiger partial charge is 0.330 e. The number of benzene rings is 2. The minimum absolute atomic E-state index is 0.133. The van der Waals surface area contributed by atoms with Gasteiger partial charge in [-0.1, -0.05) is 36.4 Å². The molecule has 2 atom stereocenters. The summed E-state index contributed by atoms with van der Waals surface area (Å²) in [6.45, 7) is 10.9. The van der Waals surface area contributed by atoms with Crippen molar-refractivity contribution in [1.82, 2.24) is 41.2 Å². The molecule has 0 fully saturated rings. The molecule has 0 saturated carbocycles. The molecular formula is C51H60N10O10S2. The van der Waals surface area contributed by atoms with Crippen LogP contribution < -0.4 is 31.9 Å². The fourth-order valence-corrected chi connectivity index (χ4v) is 8.49. The molecule has 386 valence electrons. The summed E-state index contributed by atoms with van der Waals surface area (Å²) in [5, 5.41) is 48.7. The van der Waals surface area contributed by atoms with Gasteiger partial charge in [0.15, 0.2) is 0 Å². The highest BCUT2D eigenvalue weighted by Gasteiger charge is 2.28. The molecule has 4 amide bonds. The summed E-state index contributed by atoms with van der Waals surface area (Å²) in [7, 11) is 0. The quantitative estimate of drug-likeness (QED) is 0.0266. The number of rotatable bonds is 23. The number of ether oxygens (including phenoxy) is 1. The molecule has 2 aromatic carbocycles. The van der Waals surface area contributed by atoms with E-state index in [-0.39, 0.29) is 47.7 Å². The van der Waals surface area contributed by atoms with Crippen LogP contribution in [0.5, 0.6) is 11.5 Å². The van der Waals surface area contributed by atoms with Gasteiger partial charge in [0.2, 0.25) is 11.9 Å². The molecule has 20 nitrogen and oxygen atoms in total. The number of amides is 4. The number of hydrogen-bond acceptors (Lipinski definition) is 17. The van der Waals surface area contributed by atoms with E-state index in [0.29, 0.717) is 57.5 Å². The second kappa shape index (κ2) is 27.6. The molecule has 4 heterocycles. The van der Waals surface area contributed by atoms with Crippen LogP contribution in [0.4, 0.5) is 11.9 Å². The van der Waals surface area contributed by atoms with E-state index in [2.05, 4.69) is 51.8 Å². The van der Waals surface area contributed by atoms with Gasteiger partial charge in [0.1, 0.15) is 23.6 Å². The van der Waals surface area contributed by atoms with Crippen LogP contribution in [0.3, 0.4) is 0 Å². The minimum atomic E-state index is -1.32. The Labute approximate surface area is 430 Å². The second-order valence-corrected chi connectivity index (χ2v) is 18.7. The number of carbonyl (C=O) groups excluding carboxylic acids is 5. The number of aryl methyl sites for hydroxylation is 6. The summed E-state index contributed by atoms with van der Waals surface area (Å²) in [5.74, 6) is -2.61. The van der Waals surface area contributed by atoms with Crippen LogP contribution in [-0.2, 0) is 27.2 Å². The van der Waals surface area contributed by atoms with Crippen molar-refractivity contribution in [3.05, 3.63) is 138 Å². The maximum Gasteiger partial charge on any atom is 0.330 e. The first-order valence-electron chi connectivity index (χ1n) is 23.3. The number of nitrogens with one attached hydrogen (secondary N) is 6. The molecule has 9 N–H and O–H groups in total. The minimum Gasteiger partial charge on any atom is -0.508 e. The number of phenolic OH excluding ortho intramolecular Hbond substituents is 2. The van der Waals surface area contributed by atoms with Crippen molar-refractivity contribution < 1.29 is 48.8 Å². The third kappa shape index (κ3) is 17.7. The van der Waals surface area contributed by atoms with E-state index >= 15 is 0 Å². The molecule has 0 saturated heterocycles. The van der Waals surface area contributed by atoms with Gasteiger partial charge in [-0.25, -0.2) is 29.5 Å². The van der Waals surface area contributed by atoms with Crippen LogP contribution in [0.25, 0.3) is 0 Å². The Bertz CT molecular complexity index is 2800. The van der Waals surface area contributed by atoms with Gasteiger partial charge in [-0.05, 0) is 126 Å². The molecule has 0 aliphatic heterocycles. The maximum absolute atomic E-state index is 13.2. The average Bonchev–Trinajstić information content (AvgIpc) is 4.08. The van der Waals surface area contributed by atoms with Crippen LogP contribution in [-0.4, -0.2) is 115 Å². The Hall–Kier alpha value is -7.98. The third-order valence-corrected chi connectivity index (χ3v) is 12.4. The average molecular weight is 1040 g/mol. The molecule has 0 aliphatic rings. The number of carboxylic acids is 1. The number of esters is 1. The van der Waals surface area contributed by atoms with Crippen molar-refractivity contribution in [2.45, 2.75) is 85.4 Å². The molecule has 6 rings (SSSR count). The summed E-state index contributed by atoms with van der Waals surface area (Å²) in [6, 6.07) is 18.6. The van der Waals surface area contributed by atoms with E-state index in [9.17, 15) is 44.1 Å². The highest BCUT2D eigenvalue weighted by molar-refractivity contribution is 7.12. The van der Waals surface area contributed by atoms with E-state index in [1.165, 1.54) is 22.7 Å². The SMILES string of the molecule is Cc1nc(NCCCc2cccc(O)c2)nc(C)c1C(=O)N[C@@H](CNC(=O)c1cccs1)C(=O)O.Cc1nc(NCCCc2cccc(O)c2)nc(C)c1C(=O)N[C@@H](CNC(=O)c1cccs1)C(=O)OC(C)C. The maximum atomic E-state index is 13.2. The molecule has 0 bridgehead atoms. The van der Waals surface area contributed by atoms with Crippen molar-refractivity contribution in [3.8, 4) is 11.5 Å². The van der Waals surface area contributed by atoms with Gasteiger partial charge >= 0.3 is 11.9 Å². The monoisotopic (exact) mass is 1040 g/mol. The van der Waals surface area contributed by atoms with Crippen molar-refractivity contribution in [1.29, 1.82) is 0 Å². The summed E-state index contributed by atoms with van der Waals surface area (Å²) >= 11 is 2.51. The fraction of sp³-hybridized carbons (Fsp3) is 0.333. The van der Waals surface area contributed by atoms with Crippen LogP contribution in [0.2, 0.25) is 0 Å². The first-order valence-corrected chi connectivity index (χ1v) is 25.1. The number of aliphatic carboxylic acids is 1. The third-order valence-electron chi connectivity index (χ3n) is 10.6. The zero-order valence-electron chi connectivity index (χ0n) is 41.3. The molecule has 0 spiro atoms. The van der Waals surface area contributed by atoms with E-state index in [1.54, 1.807) is 107 Å². The summed E-state index contributed by atoms with van der Waals surface area (Å²) in [5.41, 5.74) is 4.19. The van der Waals surface area contributed by atoms with Gasteiger partial charge in [-0.3, -0.25) is 19.2 Å². The Morgan fingerprint density at radius 1 is 0.575 bits per heavy atom. The molecule has 0 unspecified atom stereocenters. The molecular weight excluding hydrogens is 977 g/mol. The Kier molecular flexibility index (Phi) is 21.1. The summed E-state index contributed by atoms with van der Waals surface area (Å²) in [4.78, 5) is 93.2. The molecule has 0 radical (unpaired) electrons. The van der Waals surface area contributed by atoms with Gasteiger partial charge in [0.05, 0.1) is 49.8 Å². The lowest BCUT2D eigenvalue weighted by Gasteiger charge is -2.20. The molecule has 4 aromatic heterocycles. The van der Waals surface area contributed by atoms with Crippen molar-refractivity contribution in [2.75, 3.05) is 36.8 Å². The first-order chi connectivity index (χ1) is 34.9. The number of carbonyl (C=O) groups is 6. The van der Waals surface area contributed by atoms with E-state index < -0.39 is 41.7 Å². The first kappa shape index (κ1) is 55.9. The van der Waals surface area contributed by atoms with Gasteiger partial charge in [-0.15, -0.1) is 22.7 Å². The lowest BCUT2D eigenvalue weighted by atomic mass is 10.1. The Morgan fingerprint density at radius 2 is 0.986 bits per heavy atom. The predicted octanol–water partition coefficient (Wildman–Crippen LogP) is 5.90. The topological polar surface area (TPSA) is 296 Å². The van der Waals surface area contributed by atoms with Crippen LogP contribution >= 0.6 is 22.7 Å². The van der Waals surface area contributed by atoms with Crippen LogP contribution in [0, 0.1) is 27.7 Å². The summed E-state index contributed by atoms with van der Waals surface area (Å²) < 4.78 is 5.29. The van der Waals surface area contributed by atoms with Gasteiger partial charge in [-0.2, -0.15) is 0 Å². The standard InChI is InChI=1S/C27H33N5O5S.C24H27N5O5S/c1-16(2)37-26(36)21(15-29-24(34)22-11-7-13-38-22)32-25(35)23-17(3)30-27(31-18(23)4)28-12-6-9-19-8-5-10-20(33)14-19;1-14-20(22(32)29-18(23(33)34)13-26-21(31)19-9-5-11-35-19)15(2)28-24(27-14)25-10-4-7-16-6-3-8-17(30)12-16/h5,7-8,10-11,13-14,16,21,33H,6,9,12,15H2,1-4H3,(H,29,34)(H,32,35)(H,28,30,31);3,5-6,8-9,11-12,18,30H,4,7,10,13H2,1-2H3,(H,26,31)(H,29,32)(H,33,34)(H,25,27,28)/t21-;18-/m00/s1. The fourth-order valence-electron chi connectivity index (χ4n) is 7.21. The zero-order chi connectivity index (χ0) is 53.0. The largest absolute Gasteiger partial charge is 0.508 e. The number of phenols is 2. The van der Waals surface area contributed by atoms with E-state index in [1.807, 2.05) is 18.2 Å². The van der Waals surface area contributed by atoms with Gasteiger partial charge in [0.25, 0.3) is 23.6 Å². The molecule has 22 heteroatoms. The normalized spacial score (nSPS) is 11.5. The lowest BCUT2D eigenvalue weighted by Crippen LogP contribution is -2.50. The Balaban J connectivity index is 0.000000272. The van der Waals surface area contributed by atoms with Crippen molar-refractivity contribution in [3.63, 3.8) is 0 Å². The highest BCUT2D eigenvalue weighted by Crippen LogP contribution is 2.18. The number of carboxylic acid groups (broad SMARTS) is 1. The van der Waals surface area contributed by atoms with Crippen molar-refractivity contribution >= 4 is 70.1 Å². The zero-order valence-corrected chi connectivity index (χ0v) is 42.9. The number of aromatic hydroxyl groups is 2. The van der Waals surface area contributed by atoms with Gasteiger partial charge in [0, 0.05) is 26.2 Å². The molecule has 0 aliphatic carbocycles. The second-order valence-electron chi connectivity index (χ2n) is 16.8. The lowest BCUT2D eigenvalue weighted by molar-refractivity contribution is -0.149. The summed E-state index contributed by atoms with van der Waals surface area (Å²) in [6.07, 6.45) is 2.73. The Morgan fingerprint density at radius 3 is 1.36 bits per heavy atom. The van der Waals surface area contributed by atoms with Crippen LogP contribution in [0.15, 0.2) is 83.6 Å². The molecule has 73 heavy (non-hydrogen) atoms. The molecule has 6 aromatic rings. The number of hydrogen-bond donors (Lipinski definition) is 9. The van der Waals surface area contributed by atoms with Crippen LogP contribution in [0.1, 0.15) is 101 Å². The van der Waals surface area contributed by atoms with E-state index in [0.717, 1.165) is 36.8 Å². The highest BCUT2D eigenvalue weighted by atomic mass is 32.1. The van der Waals surface area contributed by atoms with Gasteiger partial charge < -0.3 is 52.0 Å². The number of anilines is 2. The van der Waals surface area contributed by atoms with Crippen molar-refractivity contribution in [2.24, 2.45) is 0 Å². The van der Waals surface area contributed by atoms with E-state index in [4.69, 9.17) is 4.74 Å². The number of nitrogens with zero attached hydrogens (tertiary/aromatic N) is 4. The predicted molar refractivity (Wildman–Crippen MR) is 278 cm³/mol.